The van der Waals surface area contributed by atoms with Gasteiger partial charge in [0.25, 0.3) is 11.8 Å². The molecule has 19 heteroatoms. The molecule has 6 amide bonds. The Morgan fingerprint density at radius 1 is 0.868 bits per heavy atom. The fourth-order valence-corrected chi connectivity index (χ4v) is 9.47. The van der Waals surface area contributed by atoms with Crippen molar-refractivity contribution in [2.45, 2.75) is 115 Å². The van der Waals surface area contributed by atoms with E-state index in [4.69, 9.17) is 33.7 Å². The van der Waals surface area contributed by atoms with Gasteiger partial charge in [-0.3, -0.25) is 43.7 Å². The summed E-state index contributed by atoms with van der Waals surface area (Å²) in [5, 5.41) is 13.5. The minimum atomic E-state index is -1.00. The number of unbranched alkanes of at least 4 members (excludes halogenated alkanes) is 7. The molecule has 362 valence electrons. The van der Waals surface area contributed by atoms with E-state index < -0.39 is 35.5 Å². The summed E-state index contributed by atoms with van der Waals surface area (Å²) in [5.41, 5.74) is 9.24. The second-order valence-electron chi connectivity index (χ2n) is 17.5. The summed E-state index contributed by atoms with van der Waals surface area (Å²) in [4.78, 5) is 82.9. The molecule has 0 unspecified atom stereocenters. The molecule has 0 aliphatic carbocycles. The van der Waals surface area contributed by atoms with Crippen LogP contribution in [0.25, 0.3) is 11.1 Å². The van der Waals surface area contributed by atoms with Crippen molar-refractivity contribution in [3.63, 3.8) is 0 Å². The minimum absolute atomic E-state index is 0.0290. The summed E-state index contributed by atoms with van der Waals surface area (Å²) < 4.78 is 21.8. The van der Waals surface area contributed by atoms with Crippen LogP contribution in [-0.4, -0.2) is 98.8 Å². The van der Waals surface area contributed by atoms with Crippen LogP contribution in [0.2, 0.25) is 10.0 Å². The Morgan fingerprint density at radius 2 is 1.60 bits per heavy atom. The Hall–Kier alpha value is -6.07. The molecule has 2 fully saturated rings. The number of anilines is 2. The van der Waals surface area contributed by atoms with Crippen molar-refractivity contribution in [2.75, 3.05) is 43.8 Å². The molecule has 2 aromatic carbocycles. The van der Waals surface area contributed by atoms with Gasteiger partial charge < -0.3 is 26.0 Å². The van der Waals surface area contributed by atoms with E-state index in [-0.39, 0.29) is 65.7 Å². The van der Waals surface area contributed by atoms with E-state index in [1.54, 1.807) is 36.7 Å². The smallest absolute Gasteiger partial charge is 0.264 e. The number of ether oxygens (including phenoxy) is 1. The van der Waals surface area contributed by atoms with Crippen LogP contribution in [0, 0.1) is 5.82 Å². The Labute approximate surface area is 404 Å². The minimum Gasteiger partial charge on any atom is -0.489 e. The Morgan fingerprint density at radius 3 is 2.38 bits per heavy atom. The summed E-state index contributed by atoms with van der Waals surface area (Å²) in [6, 6.07) is 8.67. The molecular weight excluding hydrogens is 916 g/mol. The normalized spacial score (nSPS) is 16.2. The van der Waals surface area contributed by atoms with Gasteiger partial charge in [0.15, 0.2) is 11.6 Å². The first-order chi connectivity index (χ1) is 32.9. The van der Waals surface area contributed by atoms with Crippen molar-refractivity contribution < 1.29 is 37.9 Å². The average Bonchev–Trinajstić information content (AvgIpc) is 3.92. The highest BCUT2D eigenvalue weighted by Crippen LogP contribution is 2.34. The van der Waals surface area contributed by atoms with E-state index in [9.17, 15) is 33.2 Å². The van der Waals surface area contributed by atoms with E-state index in [1.165, 1.54) is 12.1 Å². The van der Waals surface area contributed by atoms with Gasteiger partial charge in [0.1, 0.15) is 11.9 Å². The first kappa shape index (κ1) is 49.8. The van der Waals surface area contributed by atoms with Gasteiger partial charge in [-0.05, 0) is 80.8 Å². The summed E-state index contributed by atoms with van der Waals surface area (Å²) in [5.74, 6) is -1.82. The van der Waals surface area contributed by atoms with Gasteiger partial charge in [0.2, 0.25) is 23.6 Å². The van der Waals surface area contributed by atoms with E-state index in [1.807, 2.05) is 15.8 Å². The molecule has 3 aliphatic rings. The fourth-order valence-electron chi connectivity index (χ4n) is 8.91. The predicted octanol–water partition coefficient (Wildman–Crippen LogP) is 7.68. The molecule has 0 saturated carbocycles. The Balaban J connectivity index is 0.699. The number of nitrogens with zero attached hydrogens (tertiary/aromatic N) is 5. The lowest BCUT2D eigenvalue weighted by atomic mass is 10.0. The van der Waals surface area contributed by atoms with Gasteiger partial charge >= 0.3 is 0 Å². The molecule has 0 radical (unpaired) electrons. The van der Waals surface area contributed by atoms with Crippen molar-refractivity contribution in [3.8, 4) is 16.9 Å². The number of fused-ring (bicyclic) bond motifs is 1. The number of halogens is 3. The molecule has 2 saturated heterocycles. The number of likely N-dealkylation sites (tertiary alicyclic amines) is 1. The topological polar surface area (TPSA) is 211 Å². The highest BCUT2D eigenvalue weighted by Gasteiger charge is 2.45. The number of nitrogens with two attached hydrogens (primary N) is 1. The molecule has 3 aliphatic heterocycles. The zero-order chi connectivity index (χ0) is 48.2. The lowest BCUT2D eigenvalue weighted by molar-refractivity contribution is -0.136. The third-order valence-corrected chi connectivity index (χ3v) is 13.5. The first-order valence-corrected chi connectivity index (χ1v) is 24.3. The molecule has 7 rings (SSSR count). The SMILES string of the molecule is Nc1ncc(-c2cnn(C3CCN(C(=O)CCCCCCC(=O)NCCCCCCCNc4cccc5c4C(=O)N([C@@H]4CCC(=O)NC4=O)C5=O)CC3)c2)cc1OCCc1c(Cl)ccc(F)c1Cl. The lowest BCUT2D eigenvalue weighted by Crippen LogP contribution is -2.54. The quantitative estimate of drug-likeness (QED) is 0.0322. The van der Waals surface area contributed by atoms with Crippen molar-refractivity contribution >= 4 is 70.2 Å². The summed E-state index contributed by atoms with van der Waals surface area (Å²) in [7, 11) is 0. The third kappa shape index (κ3) is 12.5. The van der Waals surface area contributed by atoms with Crippen LogP contribution < -0.4 is 26.4 Å². The largest absolute Gasteiger partial charge is 0.489 e. The molecule has 4 aromatic rings. The number of imide groups is 2. The van der Waals surface area contributed by atoms with Gasteiger partial charge in [0.05, 0.1) is 35.0 Å². The highest BCUT2D eigenvalue weighted by molar-refractivity contribution is 6.36. The summed E-state index contributed by atoms with van der Waals surface area (Å²) in [6.07, 6.45) is 16.4. The van der Waals surface area contributed by atoms with Gasteiger partial charge in [0, 0.05) is 86.1 Å². The first-order valence-electron chi connectivity index (χ1n) is 23.6. The summed E-state index contributed by atoms with van der Waals surface area (Å²) >= 11 is 12.3. The van der Waals surface area contributed by atoms with Crippen LogP contribution in [0.5, 0.6) is 5.75 Å². The van der Waals surface area contributed by atoms with Gasteiger partial charge in [-0.25, -0.2) is 9.37 Å². The van der Waals surface area contributed by atoms with Crippen LogP contribution in [0.4, 0.5) is 15.9 Å². The second-order valence-corrected chi connectivity index (χ2v) is 18.3. The molecule has 0 spiro atoms. The van der Waals surface area contributed by atoms with Gasteiger partial charge in [-0.2, -0.15) is 5.10 Å². The number of piperidine rings is 2. The number of nitrogen functional groups attached to an aromatic ring is 1. The van der Waals surface area contributed by atoms with Crippen LogP contribution >= 0.6 is 23.2 Å². The Bertz CT molecular complexity index is 2500. The molecule has 16 nitrogen and oxygen atoms in total. The fraction of sp³-hybridized carbons (Fsp3) is 0.469. The van der Waals surface area contributed by atoms with E-state index in [0.29, 0.717) is 61.0 Å². The maximum absolute atomic E-state index is 13.9. The van der Waals surface area contributed by atoms with Crippen molar-refractivity contribution in [3.05, 3.63) is 87.5 Å². The zero-order valence-electron chi connectivity index (χ0n) is 38.0. The monoisotopic (exact) mass is 973 g/mol. The third-order valence-electron chi connectivity index (χ3n) is 12.8. The maximum atomic E-state index is 13.9. The van der Waals surface area contributed by atoms with Gasteiger partial charge in [-0.15, -0.1) is 0 Å². The number of carbonyl (C=O) groups is 6. The zero-order valence-corrected chi connectivity index (χ0v) is 39.5. The molecule has 5 heterocycles. The second kappa shape index (κ2) is 23.8. The van der Waals surface area contributed by atoms with Crippen molar-refractivity contribution in [1.29, 1.82) is 0 Å². The lowest BCUT2D eigenvalue weighted by Gasteiger charge is -2.32. The van der Waals surface area contributed by atoms with Crippen LogP contribution in [0.1, 0.15) is 129 Å². The van der Waals surface area contributed by atoms with Crippen LogP contribution in [0.15, 0.2) is 55.0 Å². The molecule has 0 bridgehead atoms. The van der Waals surface area contributed by atoms with E-state index in [2.05, 4.69) is 26.0 Å². The molecule has 1 atom stereocenters. The van der Waals surface area contributed by atoms with Crippen molar-refractivity contribution in [1.82, 2.24) is 35.2 Å². The number of aromatic nitrogens is 3. The standard InChI is InChI=1S/C49H58Cl2FN9O7/c50-36-15-16-37(52)45(51)34(36)21-26-68-40-27-31(28-56-46(40)53)32-29-57-60(30-32)33-19-24-59(25-20-33)43(64)14-7-3-2-6-13-41(62)55-23-9-5-1-4-8-22-54-38-12-10-11-35-44(38)49(67)61(48(35)66)39-17-18-42(63)58-47(39)65/h10-12,15-16,27-30,33,39,54H,1-9,13-14,17-26H2,(H2,53,56)(H,55,62)(H,58,63,65)/t39-/m1/s1. The average molecular weight is 975 g/mol. The van der Waals surface area contributed by atoms with E-state index >= 15 is 0 Å². The molecule has 68 heavy (non-hydrogen) atoms. The van der Waals surface area contributed by atoms with E-state index in [0.717, 1.165) is 86.7 Å². The number of rotatable bonds is 23. The van der Waals surface area contributed by atoms with Crippen LogP contribution in [0.3, 0.4) is 0 Å². The van der Waals surface area contributed by atoms with Crippen molar-refractivity contribution in [2.24, 2.45) is 0 Å². The molecular formula is C49H58Cl2FN9O7. The molecule has 5 N–H and O–H groups in total. The van der Waals surface area contributed by atoms with Crippen LogP contribution in [-0.2, 0) is 25.6 Å². The number of benzene rings is 2. The number of nitrogens with one attached hydrogen (secondary N) is 3. The number of hydrogen-bond acceptors (Lipinski definition) is 11. The highest BCUT2D eigenvalue weighted by atomic mass is 35.5. The number of pyridine rings is 1. The predicted molar refractivity (Wildman–Crippen MR) is 256 cm³/mol. The molecule has 2 aromatic heterocycles. The number of hydrogen-bond donors (Lipinski definition) is 4. The summed E-state index contributed by atoms with van der Waals surface area (Å²) in [6.45, 7) is 2.73. The number of amides is 6. The maximum Gasteiger partial charge on any atom is 0.264 e. The number of carbonyl (C=O) groups excluding carboxylic acids is 6. The van der Waals surface area contributed by atoms with Gasteiger partial charge in [-0.1, -0.05) is 61.4 Å². The Kier molecular flexibility index (Phi) is 17.4.